The van der Waals surface area contributed by atoms with Crippen molar-refractivity contribution in [2.24, 2.45) is 0 Å². The topological polar surface area (TPSA) is 44.5 Å². The van der Waals surface area contributed by atoms with Gasteiger partial charge >= 0.3 is 0 Å². The number of methoxy groups -OCH3 is 1. The minimum absolute atomic E-state index is 0.540. The monoisotopic (exact) mass is 305 g/mol. The van der Waals surface area contributed by atoms with Crippen molar-refractivity contribution in [2.45, 2.75) is 6.61 Å². The lowest BCUT2D eigenvalue weighted by molar-refractivity contribution is 0.306. The SMILES string of the molecule is COc1cccc(-c2cccc(OCc3ccccc3)c2)c1N. The van der Waals surface area contributed by atoms with E-state index < -0.39 is 0 Å². The van der Waals surface area contributed by atoms with Crippen LogP contribution in [0.5, 0.6) is 11.5 Å². The van der Waals surface area contributed by atoms with Crippen molar-refractivity contribution in [3.05, 3.63) is 78.4 Å². The number of hydrogen-bond acceptors (Lipinski definition) is 3. The molecule has 3 aromatic rings. The van der Waals surface area contributed by atoms with Gasteiger partial charge in [-0.1, -0.05) is 54.6 Å². The van der Waals surface area contributed by atoms with Gasteiger partial charge in [-0.2, -0.15) is 0 Å². The number of anilines is 1. The summed E-state index contributed by atoms with van der Waals surface area (Å²) in [5.41, 5.74) is 9.89. The lowest BCUT2D eigenvalue weighted by Crippen LogP contribution is -1.97. The summed E-state index contributed by atoms with van der Waals surface area (Å²) >= 11 is 0. The normalized spacial score (nSPS) is 10.3. The molecule has 0 aliphatic heterocycles. The van der Waals surface area contributed by atoms with Gasteiger partial charge in [0, 0.05) is 5.56 Å². The van der Waals surface area contributed by atoms with Crippen LogP contribution in [0.3, 0.4) is 0 Å². The van der Waals surface area contributed by atoms with Gasteiger partial charge in [0.2, 0.25) is 0 Å². The Hall–Kier alpha value is -2.94. The van der Waals surface area contributed by atoms with Crippen LogP contribution < -0.4 is 15.2 Å². The molecule has 0 bridgehead atoms. The summed E-state index contributed by atoms with van der Waals surface area (Å²) in [6, 6.07) is 23.8. The van der Waals surface area contributed by atoms with Crippen LogP contribution in [-0.4, -0.2) is 7.11 Å². The van der Waals surface area contributed by atoms with E-state index in [0.717, 1.165) is 22.4 Å². The molecule has 0 amide bonds. The highest BCUT2D eigenvalue weighted by molar-refractivity contribution is 5.81. The highest BCUT2D eigenvalue weighted by Crippen LogP contribution is 2.34. The van der Waals surface area contributed by atoms with E-state index in [1.165, 1.54) is 0 Å². The maximum absolute atomic E-state index is 6.18. The van der Waals surface area contributed by atoms with Crippen molar-refractivity contribution >= 4 is 5.69 Å². The number of hydrogen-bond donors (Lipinski definition) is 1. The maximum Gasteiger partial charge on any atom is 0.142 e. The summed E-state index contributed by atoms with van der Waals surface area (Å²) in [6.45, 7) is 0.540. The van der Waals surface area contributed by atoms with E-state index in [0.29, 0.717) is 18.0 Å². The predicted molar refractivity (Wildman–Crippen MR) is 93.6 cm³/mol. The fourth-order valence-electron chi connectivity index (χ4n) is 2.47. The van der Waals surface area contributed by atoms with Gasteiger partial charge < -0.3 is 15.2 Å². The largest absolute Gasteiger partial charge is 0.495 e. The molecule has 0 fully saturated rings. The van der Waals surface area contributed by atoms with Gasteiger partial charge in [0.05, 0.1) is 12.8 Å². The van der Waals surface area contributed by atoms with Gasteiger partial charge in [0.1, 0.15) is 18.1 Å². The van der Waals surface area contributed by atoms with Crippen LogP contribution in [0.2, 0.25) is 0 Å². The van der Waals surface area contributed by atoms with E-state index in [-0.39, 0.29) is 0 Å². The standard InChI is InChI=1S/C20H19NO2/c1-22-19-12-6-11-18(20(19)21)16-9-5-10-17(13-16)23-14-15-7-3-2-4-8-15/h2-13H,14,21H2,1H3. The molecule has 0 aliphatic carbocycles. The summed E-state index contributed by atoms with van der Waals surface area (Å²) in [7, 11) is 1.62. The van der Waals surface area contributed by atoms with Crippen molar-refractivity contribution in [1.82, 2.24) is 0 Å². The zero-order valence-corrected chi connectivity index (χ0v) is 13.0. The molecule has 3 rings (SSSR count). The Kier molecular flexibility index (Phi) is 4.48. The average molecular weight is 305 g/mol. The molecular weight excluding hydrogens is 286 g/mol. The van der Waals surface area contributed by atoms with Crippen LogP contribution in [-0.2, 0) is 6.61 Å². The number of rotatable bonds is 5. The Morgan fingerprint density at radius 1 is 0.870 bits per heavy atom. The third-order valence-corrected chi connectivity index (χ3v) is 3.68. The van der Waals surface area contributed by atoms with Crippen molar-refractivity contribution in [3.8, 4) is 22.6 Å². The first-order valence-corrected chi connectivity index (χ1v) is 7.47. The molecule has 23 heavy (non-hydrogen) atoms. The zero-order valence-electron chi connectivity index (χ0n) is 13.0. The second kappa shape index (κ2) is 6.88. The molecule has 3 nitrogen and oxygen atoms in total. The molecule has 0 radical (unpaired) electrons. The highest BCUT2D eigenvalue weighted by atomic mass is 16.5. The third kappa shape index (κ3) is 3.46. The molecule has 3 heteroatoms. The molecule has 116 valence electrons. The molecule has 0 atom stereocenters. The fourth-order valence-corrected chi connectivity index (χ4v) is 2.47. The minimum Gasteiger partial charge on any atom is -0.495 e. The van der Waals surface area contributed by atoms with Gasteiger partial charge in [-0.25, -0.2) is 0 Å². The van der Waals surface area contributed by atoms with Crippen LogP contribution in [0.4, 0.5) is 5.69 Å². The van der Waals surface area contributed by atoms with E-state index in [2.05, 4.69) is 0 Å². The number of ether oxygens (including phenoxy) is 2. The average Bonchev–Trinajstić information content (AvgIpc) is 2.61. The van der Waals surface area contributed by atoms with E-state index in [1.807, 2.05) is 72.8 Å². The molecule has 0 aliphatic rings. The molecule has 0 unspecified atom stereocenters. The zero-order chi connectivity index (χ0) is 16.1. The first-order valence-electron chi connectivity index (χ1n) is 7.47. The van der Waals surface area contributed by atoms with Crippen molar-refractivity contribution < 1.29 is 9.47 Å². The lowest BCUT2D eigenvalue weighted by atomic mass is 10.0. The second-order valence-corrected chi connectivity index (χ2v) is 5.22. The molecule has 0 saturated carbocycles. The van der Waals surface area contributed by atoms with Crippen LogP contribution in [0.1, 0.15) is 5.56 Å². The number of nitrogens with two attached hydrogens (primary N) is 1. The first kappa shape index (κ1) is 15.0. The van der Waals surface area contributed by atoms with Gasteiger partial charge in [0.25, 0.3) is 0 Å². The third-order valence-electron chi connectivity index (χ3n) is 3.68. The highest BCUT2D eigenvalue weighted by Gasteiger charge is 2.08. The van der Waals surface area contributed by atoms with Gasteiger partial charge in [-0.05, 0) is 29.3 Å². The van der Waals surface area contributed by atoms with Gasteiger partial charge in [-0.3, -0.25) is 0 Å². The Morgan fingerprint density at radius 3 is 2.43 bits per heavy atom. The number of benzene rings is 3. The van der Waals surface area contributed by atoms with E-state index in [1.54, 1.807) is 7.11 Å². The first-order chi connectivity index (χ1) is 11.3. The Bertz CT molecular complexity index is 785. The van der Waals surface area contributed by atoms with E-state index in [4.69, 9.17) is 15.2 Å². The predicted octanol–water partition coefficient (Wildman–Crippen LogP) is 4.52. The smallest absolute Gasteiger partial charge is 0.142 e. The van der Waals surface area contributed by atoms with Gasteiger partial charge in [-0.15, -0.1) is 0 Å². The Labute approximate surface area is 136 Å². The summed E-state index contributed by atoms with van der Waals surface area (Å²) in [5, 5.41) is 0. The fraction of sp³-hybridized carbons (Fsp3) is 0.100. The second-order valence-electron chi connectivity index (χ2n) is 5.22. The van der Waals surface area contributed by atoms with Crippen LogP contribution >= 0.6 is 0 Å². The summed E-state index contributed by atoms with van der Waals surface area (Å²) in [5.74, 6) is 1.49. The van der Waals surface area contributed by atoms with Crippen LogP contribution in [0.25, 0.3) is 11.1 Å². The van der Waals surface area contributed by atoms with E-state index >= 15 is 0 Å². The van der Waals surface area contributed by atoms with Crippen molar-refractivity contribution in [1.29, 1.82) is 0 Å². The quantitative estimate of drug-likeness (QED) is 0.705. The van der Waals surface area contributed by atoms with Crippen molar-refractivity contribution in [3.63, 3.8) is 0 Å². The molecule has 2 N–H and O–H groups in total. The van der Waals surface area contributed by atoms with Crippen molar-refractivity contribution in [2.75, 3.05) is 12.8 Å². The minimum atomic E-state index is 0.540. The van der Waals surface area contributed by atoms with Gasteiger partial charge in [0.15, 0.2) is 0 Å². The molecule has 0 heterocycles. The Balaban J connectivity index is 1.83. The molecule has 3 aromatic carbocycles. The molecule has 0 spiro atoms. The lowest BCUT2D eigenvalue weighted by Gasteiger charge is -2.12. The number of para-hydroxylation sites is 1. The summed E-state index contributed by atoms with van der Waals surface area (Å²) in [6.07, 6.45) is 0. The Morgan fingerprint density at radius 2 is 1.65 bits per heavy atom. The van der Waals surface area contributed by atoms with Crippen LogP contribution in [0.15, 0.2) is 72.8 Å². The summed E-state index contributed by atoms with van der Waals surface area (Å²) in [4.78, 5) is 0. The maximum atomic E-state index is 6.18. The molecule has 0 aromatic heterocycles. The molecule has 0 saturated heterocycles. The molecular formula is C20H19NO2. The van der Waals surface area contributed by atoms with Crippen LogP contribution in [0, 0.1) is 0 Å². The van der Waals surface area contributed by atoms with E-state index in [9.17, 15) is 0 Å². The number of nitrogen functional groups attached to an aromatic ring is 1. The summed E-state index contributed by atoms with van der Waals surface area (Å²) < 4.78 is 11.2.